The van der Waals surface area contributed by atoms with Crippen LogP contribution in [0, 0.1) is 10.6 Å². The first-order valence-electron chi connectivity index (χ1n) is 2.54. The summed E-state index contributed by atoms with van der Waals surface area (Å²) in [5.41, 5.74) is 1.31. The highest BCUT2D eigenvalue weighted by Crippen LogP contribution is 2.01. The first-order valence-corrected chi connectivity index (χ1v) is 4.58. The molecule has 0 bridgehead atoms. The molecule has 0 amide bonds. The van der Waals surface area contributed by atoms with Gasteiger partial charge in [-0.25, -0.2) is 0 Å². The molecule has 1 aromatic rings. The van der Waals surface area contributed by atoms with E-state index in [0.29, 0.717) is 0 Å². The number of rotatable bonds is 0. The Morgan fingerprint density at radius 3 is 2.67 bits per heavy atom. The standard InChI is InChI=1S/C6H6I2N/c1-5-2-3-9(8)6(7)4-5/h2-4H,1H3/q+1. The van der Waals surface area contributed by atoms with E-state index in [0.717, 1.165) is 0 Å². The summed E-state index contributed by atoms with van der Waals surface area (Å²) in [6.07, 6.45) is 2.05. The lowest BCUT2D eigenvalue weighted by molar-refractivity contribution is -0.456. The highest BCUT2D eigenvalue weighted by Gasteiger charge is 2.01. The van der Waals surface area contributed by atoms with E-state index in [9.17, 15) is 0 Å². The Kier molecular flexibility index (Phi) is 2.69. The Morgan fingerprint density at radius 2 is 2.22 bits per heavy atom. The zero-order valence-corrected chi connectivity index (χ0v) is 9.25. The molecule has 1 aromatic heterocycles. The molecule has 0 aliphatic carbocycles. The molecular weight excluding hydrogens is 340 g/mol. The molecule has 0 fully saturated rings. The first-order chi connectivity index (χ1) is 4.20. The molecular formula is C6H6I2N+. The molecule has 1 rings (SSSR count). The van der Waals surface area contributed by atoms with Gasteiger partial charge in [0.1, 0.15) is 0 Å². The first kappa shape index (κ1) is 7.71. The second-order valence-electron chi connectivity index (χ2n) is 1.84. The second kappa shape index (κ2) is 3.14. The lowest BCUT2D eigenvalue weighted by Gasteiger charge is -1.88. The third-order valence-corrected chi connectivity index (χ3v) is 3.61. The fraction of sp³-hybridized carbons (Fsp3) is 0.167. The lowest BCUT2D eigenvalue weighted by atomic mass is 10.3. The van der Waals surface area contributed by atoms with E-state index in [4.69, 9.17) is 0 Å². The van der Waals surface area contributed by atoms with Crippen LogP contribution in [-0.2, 0) is 0 Å². The van der Waals surface area contributed by atoms with Crippen molar-refractivity contribution >= 4 is 45.5 Å². The number of pyridine rings is 1. The van der Waals surface area contributed by atoms with E-state index < -0.39 is 0 Å². The minimum absolute atomic E-state index is 1.26. The number of aryl methyl sites for hydroxylation is 1. The molecule has 0 saturated carbocycles. The van der Waals surface area contributed by atoms with Gasteiger partial charge in [0.25, 0.3) is 0 Å². The van der Waals surface area contributed by atoms with Gasteiger partial charge in [0.15, 0.2) is 6.20 Å². The summed E-state index contributed by atoms with van der Waals surface area (Å²) in [5.74, 6) is 0. The maximum atomic E-state index is 2.31. The Hall–Kier alpha value is 0.610. The zero-order valence-electron chi connectivity index (χ0n) is 4.94. The normalized spacial score (nSPS) is 9.67. The maximum Gasteiger partial charge on any atom is 0.354 e. The van der Waals surface area contributed by atoms with Gasteiger partial charge in [-0.2, -0.15) is 0 Å². The highest BCUT2D eigenvalue weighted by atomic mass is 127. The van der Waals surface area contributed by atoms with Gasteiger partial charge in [0.05, 0.1) is 0 Å². The van der Waals surface area contributed by atoms with E-state index in [1.54, 1.807) is 0 Å². The van der Waals surface area contributed by atoms with E-state index in [1.807, 2.05) is 0 Å². The zero-order chi connectivity index (χ0) is 6.85. The van der Waals surface area contributed by atoms with Crippen LogP contribution in [0.15, 0.2) is 18.3 Å². The van der Waals surface area contributed by atoms with E-state index in [2.05, 4.69) is 73.5 Å². The molecule has 3 heteroatoms. The van der Waals surface area contributed by atoms with Crippen molar-refractivity contribution in [1.29, 1.82) is 0 Å². The van der Waals surface area contributed by atoms with Crippen LogP contribution in [0.3, 0.4) is 0 Å². The molecule has 48 valence electrons. The maximum absolute atomic E-state index is 2.31. The fourth-order valence-electron chi connectivity index (χ4n) is 0.552. The van der Waals surface area contributed by atoms with Crippen LogP contribution in [0.2, 0.25) is 0 Å². The second-order valence-corrected chi connectivity index (χ2v) is 3.98. The Morgan fingerprint density at radius 1 is 1.56 bits per heavy atom. The van der Waals surface area contributed by atoms with E-state index in [1.165, 1.54) is 9.26 Å². The van der Waals surface area contributed by atoms with Gasteiger partial charge in [-0.1, -0.05) is 0 Å². The molecule has 0 atom stereocenters. The molecule has 1 nitrogen and oxygen atoms in total. The molecule has 1 heterocycles. The van der Waals surface area contributed by atoms with Gasteiger partial charge in [0, 0.05) is 34.7 Å². The van der Waals surface area contributed by atoms with Crippen molar-refractivity contribution in [3.05, 3.63) is 27.6 Å². The van der Waals surface area contributed by atoms with Crippen molar-refractivity contribution in [2.75, 3.05) is 0 Å². The van der Waals surface area contributed by atoms with E-state index in [-0.39, 0.29) is 0 Å². The third kappa shape index (κ3) is 2.03. The quantitative estimate of drug-likeness (QED) is 0.501. The van der Waals surface area contributed by atoms with Crippen LogP contribution in [0.4, 0.5) is 0 Å². The van der Waals surface area contributed by atoms with Crippen molar-refractivity contribution in [2.24, 2.45) is 0 Å². The smallest absolute Gasteiger partial charge is 0.131 e. The van der Waals surface area contributed by atoms with Gasteiger partial charge in [-0.15, -0.1) is 2.78 Å². The molecule has 0 unspecified atom stereocenters. The summed E-state index contributed by atoms with van der Waals surface area (Å²) in [5, 5.41) is 0. The average molecular weight is 346 g/mol. The van der Waals surface area contributed by atoms with Gasteiger partial charge in [0.2, 0.25) is 3.70 Å². The Bertz CT molecular complexity index is 222. The molecule has 9 heavy (non-hydrogen) atoms. The summed E-state index contributed by atoms with van der Waals surface area (Å²) in [6, 6.07) is 4.24. The van der Waals surface area contributed by atoms with Crippen LogP contribution in [0.5, 0.6) is 0 Å². The number of nitrogens with zero attached hydrogens (tertiary/aromatic N) is 1. The largest absolute Gasteiger partial charge is 0.354 e. The number of halogens is 2. The topological polar surface area (TPSA) is 3.88 Å². The van der Waals surface area contributed by atoms with E-state index >= 15 is 0 Å². The summed E-state index contributed by atoms with van der Waals surface area (Å²) in [6.45, 7) is 2.10. The monoisotopic (exact) mass is 346 g/mol. The van der Waals surface area contributed by atoms with Crippen LogP contribution in [0.25, 0.3) is 0 Å². The van der Waals surface area contributed by atoms with Crippen LogP contribution in [-0.4, -0.2) is 0 Å². The number of aromatic nitrogens is 1. The predicted octanol–water partition coefficient (Wildman–Crippen LogP) is 2.09. The SMILES string of the molecule is Cc1cc[n+](I)c(I)c1. The van der Waals surface area contributed by atoms with Crippen molar-refractivity contribution < 1.29 is 2.78 Å². The van der Waals surface area contributed by atoms with Crippen molar-refractivity contribution in [3.8, 4) is 0 Å². The summed E-state index contributed by atoms with van der Waals surface area (Å²) >= 11 is 4.56. The van der Waals surface area contributed by atoms with Crippen LogP contribution >= 0.6 is 45.5 Å². The molecule has 0 saturated heterocycles. The number of hydrogen-bond donors (Lipinski definition) is 0. The van der Waals surface area contributed by atoms with Crippen LogP contribution in [0.1, 0.15) is 5.56 Å². The average Bonchev–Trinajstić information content (AvgIpc) is 1.80. The third-order valence-electron chi connectivity index (χ3n) is 1.02. The minimum atomic E-state index is 1.26. The van der Waals surface area contributed by atoms with Crippen molar-refractivity contribution in [3.63, 3.8) is 0 Å². The Labute approximate surface area is 82.1 Å². The predicted molar refractivity (Wildman–Crippen MR) is 53.5 cm³/mol. The summed E-state index contributed by atoms with van der Waals surface area (Å²) in [7, 11) is 0. The molecule has 0 aliphatic rings. The highest BCUT2D eigenvalue weighted by molar-refractivity contribution is 14.1. The summed E-state index contributed by atoms with van der Waals surface area (Å²) < 4.78 is 3.32. The van der Waals surface area contributed by atoms with Gasteiger partial charge < -0.3 is 0 Å². The Balaban J connectivity index is 3.17. The van der Waals surface area contributed by atoms with Crippen molar-refractivity contribution in [1.82, 2.24) is 0 Å². The van der Waals surface area contributed by atoms with Crippen LogP contribution < -0.4 is 2.78 Å². The van der Waals surface area contributed by atoms with Gasteiger partial charge in [-0.3, -0.25) is 0 Å². The minimum Gasteiger partial charge on any atom is -0.131 e. The summed E-state index contributed by atoms with van der Waals surface area (Å²) in [4.78, 5) is 0. The molecule has 0 aliphatic heterocycles. The fourth-order valence-corrected chi connectivity index (χ4v) is 1.50. The van der Waals surface area contributed by atoms with Gasteiger partial charge in [-0.05, 0) is 12.5 Å². The molecule has 0 spiro atoms. The number of hydrogen-bond acceptors (Lipinski definition) is 0. The molecule has 0 N–H and O–H groups in total. The molecule has 0 radical (unpaired) electrons. The van der Waals surface area contributed by atoms with Gasteiger partial charge >= 0.3 is 22.9 Å². The lowest BCUT2D eigenvalue weighted by Crippen LogP contribution is -2.22. The van der Waals surface area contributed by atoms with Crippen molar-refractivity contribution in [2.45, 2.75) is 6.92 Å². The molecule has 0 aromatic carbocycles.